The van der Waals surface area contributed by atoms with Crippen molar-refractivity contribution in [3.63, 3.8) is 0 Å². The van der Waals surface area contributed by atoms with Gasteiger partial charge in [-0.3, -0.25) is 4.57 Å². The molecule has 3 N–H and O–H groups in total. The second-order valence-electron chi connectivity index (χ2n) is 4.46. The molecule has 1 saturated carbocycles. The van der Waals surface area contributed by atoms with Gasteiger partial charge in [0.2, 0.25) is 0 Å². The average molecular weight is 193 g/mol. The molecule has 76 valence electrons. The molecule has 1 heterocycles. The molecule has 4 nitrogen and oxygen atoms in total. The number of H-pyrrole nitrogens is 1. The Labute approximate surface area is 82.1 Å². The van der Waals surface area contributed by atoms with Crippen LogP contribution in [0.2, 0.25) is 0 Å². The molecule has 0 bridgehead atoms. The van der Waals surface area contributed by atoms with Crippen molar-refractivity contribution in [3.05, 3.63) is 21.9 Å². The van der Waals surface area contributed by atoms with Crippen molar-refractivity contribution < 1.29 is 0 Å². The SMILES string of the molecule is NC1CCc2c([nH]c(=O)n2C2CC2)C1. The molecule has 2 aliphatic carbocycles. The van der Waals surface area contributed by atoms with Gasteiger partial charge in [0.1, 0.15) is 0 Å². The number of nitrogens with two attached hydrogens (primary N) is 1. The summed E-state index contributed by atoms with van der Waals surface area (Å²) >= 11 is 0. The van der Waals surface area contributed by atoms with E-state index in [9.17, 15) is 4.79 Å². The highest BCUT2D eigenvalue weighted by Crippen LogP contribution is 2.36. The molecule has 3 rings (SSSR count). The van der Waals surface area contributed by atoms with Crippen LogP contribution in [-0.2, 0) is 12.8 Å². The van der Waals surface area contributed by atoms with Gasteiger partial charge in [0.05, 0.1) is 0 Å². The first-order valence-electron chi connectivity index (χ1n) is 5.33. The zero-order valence-electron chi connectivity index (χ0n) is 8.12. The second-order valence-corrected chi connectivity index (χ2v) is 4.46. The quantitative estimate of drug-likeness (QED) is 0.675. The summed E-state index contributed by atoms with van der Waals surface area (Å²) in [6, 6.07) is 0.713. The van der Waals surface area contributed by atoms with Crippen LogP contribution in [0.4, 0.5) is 0 Å². The minimum Gasteiger partial charge on any atom is -0.327 e. The maximum absolute atomic E-state index is 11.7. The molecule has 2 aliphatic rings. The van der Waals surface area contributed by atoms with Crippen LogP contribution in [0.3, 0.4) is 0 Å². The summed E-state index contributed by atoms with van der Waals surface area (Å²) < 4.78 is 1.96. The number of imidazole rings is 1. The summed E-state index contributed by atoms with van der Waals surface area (Å²) in [7, 11) is 0. The third-order valence-electron chi connectivity index (χ3n) is 3.25. The Balaban J connectivity index is 2.09. The third-order valence-corrected chi connectivity index (χ3v) is 3.25. The lowest BCUT2D eigenvalue weighted by atomic mass is 9.97. The highest BCUT2D eigenvalue weighted by Gasteiger charge is 2.31. The first-order chi connectivity index (χ1) is 6.75. The molecule has 0 spiro atoms. The molecule has 4 heteroatoms. The number of nitrogens with zero attached hydrogens (tertiary/aromatic N) is 1. The van der Waals surface area contributed by atoms with Crippen molar-refractivity contribution in [1.82, 2.24) is 9.55 Å². The molecule has 1 atom stereocenters. The van der Waals surface area contributed by atoms with Crippen LogP contribution in [0.25, 0.3) is 0 Å². The smallest absolute Gasteiger partial charge is 0.326 e. The summed E-state index contributed by atoms with van der Waals surface area (Å²) in [5.41, 5.74) is 8.25. The Morgan fingerprint density at radius 2 is 2.14 bits per heavy atom. The first-order valence-corrected chi connectivity index (χ1v) is 5.33. The van der Waals surface area contributed by atoms with Gasteiger partial charge in [-0.25, -0.2) is 4.79 Å². The van der Waals surface area contributed by atoms with Gasteiger partial charge in [-0.1, -0.05) is 0 Å². The fourth-order valence-corrected chi connectivity index (χ4v) is 2.37. The van der Waals surface area contributed by atoms with Crippen molar-refractivity contribution >= 4 is 0 Å². The van der Waals surface area contributed by atoms with E-state index in [1.54, 1.807) is 0 Å². The average Bonchev–Trinajstić information content (AvgIpc) is 2.89. The van der Waals surface area contributed by atoms with Crippen molar-refractivity contribution in [2.45, 2.75) is 44.2 Å². The summed E-state index contributed by atoms with van der Waals surface area (Å²) in [4.78, 5) is 14.6. The van der Waals surface area contributed by atoms with Gasteiger partial charge in [-0.05, 0) is 25.7 Å². The molecule has 0 amide bonds. The van der Waals surface area contributed by atoms with Crippen LogP contribution < -0.4 is 11.4 Å². The van der Waals surface area contributed by atoms with E-state index in [0.717, 1.165) is 37.8 Å². The van der Waals surface area contributed by atoms with Gasteiger partial charge >= 0.3 is 5.69 Å². The summed E-state index contributed by atoms with van der Waals surface area (Å²) in [5.74, 6) is 0. The lowest BCUT2D eigenvalue weighted by molar-refractivity contribution is 0.542. The minimum absolute atomic E-state index is 0.0756. The lowest BCUT2D eigenvalue weighted by Crippen LogP contribution is -2.28. The third kappa shape index (κ3) is 1.14. The van der Waals surface area contributed by atoms with Crippen molar-refractivity contribution in [2.24, 2.45) is 5.73 Å². The van der Waals surface area contributed by atoms with Gasteiger partial charge in [-0.2, -0.15) is 0 Å². The molecule has 0 aliphatic heterocycles. The highest BCUT2D eigenvalue weighted by molar-refractivity contribution is 5.20. The molecule has 0 saturated heterocycles. The van der Waals surface area contributed by atoms with E-state index in [-0.39, 0.29) is 11.7 Å². The predicted molar refractivity (Wildman–Crippen MR) is 53.3 cm³/mol. The summed E-state index contributed by atoms with van der Waals surface area (Å²) in [5, 5.41) is 0. The van der Waals surface area contributed by atoms with E-state index in [2.05, 4.69) is 4.98 Å². The Kier molecular flexibility index (Phi) is 1.62. The number of nitrogens with one attached hydrogen (secondary N) is 1. The lowest BCUT2D eigenvalue weighted by Gasteiger charge is -2.18. The molecule has 1 fully saturated rings. The van der Waals surface area contributed by atoms with E-state index in [0.29, 0.717) is 6.04 Å². The molecule has 1 unspecified atom stereocenters. The Hall–Kier alpha value is -1.03. The Bertz CT molecular complexity index is 413. The van der Waals surface area contributed by atoms with Gasteiger partial charge < -0.3 is 10.7 Å². The fourth-order valence-electron chi connectivity index (χ4n) is 2.37. The number of rotatable bonds is 1. The van der Waals surface area contributed by atoms with Gasteiger partial charge in [0.25, 0.3) is 0 Å². The van der Waals surface area contributed by atoms with E-state index >= 15 is 0 Å². The number of hydrogen-bond donors (Lipinski definition) is 2. The van der Waals surface area contributed by atoms with Crippen molar-refractivity contribution in [1.29, 1.82) is 0 Å². The predicted octanol–water partition coefficient (Wildman–Crippen LogP) is 0.327. The minimum atomic E-state index is 0.0756. The van der Waals surface area contributed by atoms with Crippen LogP contribution in [0.1, 0.15) is 36.7 Å². The van der Waals surface area contributed by atoms with Crippen LogP contribution in [0, 0.1) is 0 Å². The molecule has 0 aromatic carbocycles. The number of aromatic nitrogens is 2. The number of fused-ring (bicyclic) bond motifs is 1. The number of hydrogen-bond acceptors (Lipinski definition) is 2. The van der Waals surface area contributed by atoms with Crippen LogP contribution in [0.5, 0.6) is 0 Å². The zero-order valence-corrected chi connectivity index (χ0v) is 8.12. The monoisotopic (exact) mass is 193 g/mol. The highest BCUT2D eigenvalue weighted by atomic mass is 16.1. The topological polar surface area (TPSA) is 63.8 Å². The maximum atomic E-state index is 11.7. The zero-order chi connectivity index (χ0) is 9.71. The molecule has 1 aromatic rings. The van der Waals surface area contributed by atoms with E-state index < -0.39 is 0 Å². The molecular weight excluding hydrogens is 178 g/mol. The van der Waals surface area contributed by atoms with Crippen LogP contribution in [0.15, 0.2) is 4.79 Å². The van der Waals surface area contributed by atoms with Crippen molar-refractivity contribution in [2.75, 3.05) is 0 Å². The van der Waals surface area contributed by atoms with Gasteiger partial charge in [-0.15, -0.1) is 0 Å². The Morgan fingerprint density at radius 1 is 1.36 bits per heavy atom. The van der Waals surface area contributed by atoms with Gasteiger partial charge in [0, 0.05) is 29.9 Å². The summed E-state index contributed by atoms with van der Waals surface area (Å²) in [6.45, 7) is 0. The second kappa shape index (κ2) is 2.73. The van der Waals surface area contributed by atoms with E-state index in [1.165, 1.54) is 5.69 Å². The molecule has 0 radical (unpaired) electrons. The number of aromatic amines is 1. The molecule has 14 heavy (non-hydrogen) atoms. The normalized spacial score (nSPS) is 26.2. The van der Waals surface area contributed by atoms with E-state index in [1.807, 2.05) is 4.57 Å². The first kappa shape index (κ1) is 8.29. The van der Waals surface area contributed by atoms with Gasteiger partial charge in [0.15, 0.2) is 0 Å². The van der Waals surface area contributed by atoms with Crippen LogP contribution in [-0.4, -0.2) is 15.6 Å². The summed E-state index contributed by atoms with van der Waals surface area (Å²) in [6.07, 6.45) is 5.14. The largest absolute Gasteiger partial charge is 0.327 e. The van der Waals surface area contributed by atoms with Crippen LogP contribution >= 0.6 is 0 Å². The molecular formula is C10H15N3O. The standard InChI is InChI=1S/C10H15N3O/c11-6-1-4-9-8(5-6)12-10(14)13(9)7-2-3-7/h6-7H,1-5,11H2,(H,12,14). The Morgan fingerprint density at radius 3 is 2.86 bits per heavy atom. The maximum Gasteiger partial charge on any atom is 0.326 e. The molecule has 1 aromatic heterocycles. The fraction of sp³-hybridized carbons (Fsp3) is 0.700. The van der Waals surface area contributed by atoms with E-state index in [4.69, 9.17) is 5.73 Å². The van der Waals surface area contributed by atoms with Crippen molar-refractivity contribution in [3.8, 4) is 0 Å².